The van der Waals surface area contributed by atoms with Crippen molar-refractivity contribution < 1.29 is 9.13 Å². The summed E-state index contributed by atoms with van der Waals surface area (Å²) in [4.78, 5) is 0. The van der Waals surface area contributed by atoms with Gasteiger partial charge in [0.1, 0.15) is 11.6 Å². The van der Waals surface area contributed by atoms with Gasteiger partial charge in [0.25, 0.3) is 0 Å². The normalized spacial score (nSPS) is 16.6. The zero-order valence-corrected chi connectivity index (χ0v) is 11.7. The van der Waals surface area contributed by atoms with Crippen molar-refractivity contribution in [3.63, 3.8) is 0 Å². The van der Waals surface area contributed by atoms with Gasteiger partial charge in [0, 0.05) is 17.7 Å². The molecule has 0 amide bonds. The molecule has 1 aliphatic rings. The van der Waals surface area contributed by atoms with Gasteiger partial charge in [-0.15, -0.1) is 0 Å². The molecule has 0 aromatic heterocycles. The summed E-state index contributed by atoms with van der Waals surface area (Å²) in [5.74, 6) is 0.751. The minimum absolute atomic E-state index is 0.119. The summed E-state index contributed by atoms with van der Waals surface area (Å²) in [7, 11) is 0. The van der Waals surface area contributed by atoms with Crippen LogP contribution in [-0.4, -0.2) is 6.61 Å². The number of benzene rings is 2. The molecule has 3 rings (SSSR count). The lowest BCUT2D eigenvalue weighted by atomic mass is 10.0. The van der Waals surface area contributed by atoms with Crippen molar-refractivity contribution >= 4 is 5.69 Å². The first-order valence-electron chi connectivity index (χ1n) is 6.96. The first-order chi connectivity index (χ1) is 9.69. The van der Waals surface area contributed by atoms with Crippen molar-refractivity contribution in [1.82, 2.24) is 0 Å². The van der Waals surface area contributed by atoms with Crippen molar-refractivity contribution in [2.75, 3.05) is 11.9 Å². The molecule has 1 heterocycles. The molecule has 3 heteroatoms. The summed E-state index contributed by atoms with van der Waals surface area (Å²) in [6, 6.07) is 11.5. The van der Waals surface area contributed by atoms with Gasteiger partial charge < -0.3 is 10.1 Å². The van der Waals surface area contributed by atoms with Crippen LogP contribution in [0.15, 0.2) is 36.4 Å². The molecule has 0 aliphatic carbocycles. The van der Waals surface area contributed by atoms with Crippen LogP contribution in [0.5, 0.6) is 5.75 Å². The number of aryl methyl sites for hydroxylation is 1. The zero-order valence-electron chi connectivity index (χ0n) is 11.7. The van der Waals surface area contributed by atoms with E-state index in [1.54, 1.807) is 6.07 Å². The molecule has 0 saturated carbocycles. The van der Waals surface area contributed by atoms with Crippen molar-refractivity contribution in [2.45, 2.75) is 26.3 Å². The van der Waals surface area contributed by atoms with Gasteiger partial charge in [-0.05, 0) is 43.2 Å². The molecule has 2 aromatic rings. The monoisotopic (exact) mass is 271 g/mol. The Morgan fingerprint density at radius 2 is 1.95 bits per heavy atom. The van der Waals surface area contributed by atoms with Crippen LogP contribution in [0.1, 0.15) is 29.7 Å². The van der Waals surface area contributed by atoms with Gasteiger partial charge in [-0.25, -0.2) is 4.39 Å². The summed E-state index contributed by atoms with van der Waals surface area (Å²) in [5, 5.41) is 3.43. The second-order valence-corrected chi connectivity index (χ2v) is 5.12. The molecule has 104 valence electrons. The fraction of sp³-hybridized carbons (Fsp3) is 0.294. The Hall–Kier alpha value is -2.03. The third kappa shape index (κ3) is 2.24. The highest BCUT2D eigenvalue weighted by Gasteiger charge is 2.26. The van der Waals surface area contributed by atoms with Crippen LogP contribution in [0, 0.1) is 12.7 Å². The number of halogens is 1. The van der Waals surface area contributed by atoms with E-state index in [0.29, 0.717) is 13.0 Å². The quantitative estimate of drug-likeness (QED) is 0.901. The standard InChI is InChI=1S/C17H18FNO/c1-3-20-13-7-5-12(6-8-13)16-10-14-15(18)9-4-11(2)17(14)19-16/h4-9,16,19H,3,10H2,1-2H3. The van der Waals surface area contributed by atoms with Gasteiger partial charge >= 0.3 is 0 Å². The van der Waals surface area contributed by atoms with Crippen LogP contribution in [0.25, 0.3) is 0 Å². The number of nitrogens with one attached hydrogen (secondary N) is 1. The number of hydrogen-bond donors (Lipinski definition) is 1. The van der Waals surface area contributed by atoms with Crippen LogP contribution >= 0.6 is 0 Å². The molecule has 2 nitrogen and oxygen atoms in total. The van der Waals surface area contributed by atoms with E-state index in [-0.39, 0.29) is 11.9 Å². The predicted molar refractivity (Wildman–Crippen MR) is 78.8 cm³/mol. The van der Waals surface area contributed by atoms with Crippen LogP contribution in [0.4, 0.5) is 10.1 Å². The minimum atomic E-state index is -0.119. The Bertz CT molecular complexity index is 591. The summed E-state index contributed by atoms with van der Waals surface area (Å²) in [6.07, 6.45) is 0.691. The summed E-state index contributed by atoms with van der Waals surface area (Å²) in [5.41, 5.74) is 3.99. The average Bonchev–Trinajstić information content (AvgIpc) is 2.91. The minimum Gasteiger partial charge on any atom is -0.494 e. The number of fused-ring (bicyclic) bond motifs is 1. The smallest absolute Gasteiger partial charge is 0.128 e. The lowest BCUT2D eigenvalue weighted by Crippen LogP contribution is -2.06. The first kappa shape index (κ1) is 13.0. The topological polar surface area (TPSA) is 21.3 Å². The maximum atomic E-state index is 13.9. The van der Waals surface area contributed by atoms with Crippen molar-refractivity contribution in [3.8, 4) is 5.75 Å². The van der Waals surface area contributed by atoms with E-state index in [1.165, 1.54) is 0 Å². The molecule has 0 spiro atoms. The van der Waals surface area contributed by atoms with Crippen LogP contribution in [-0.2, 0) is 6.42 Å². The van der Waals surface area contributed by atoms with Gasteiger partial charge in [-0.3, -0.25) is 0 Å². The Morgan fingerprint density at radius 3 is 2.60 bits per heavy atom. The first-order valence-corrected chi connectivity index (χ1v) is 6.96. The molecule has 20 heavy (non-hydrogen) atoms. The maximum Gasteiger partial charge on any atom is 0.128 e. The van der Waals surface area contributed by atoms with E-state index >= 15 is 0 Å². The molecular formula is C17H18FNO. The molecule has 0 saturated heterocycles. The zero-order chi connectivity index (χ0) is 14.1. The predicted octanol–water partition coefficient (Wildman–Crippen LogP) is 4.24. The van der Waals surface area contributed by atoms with E-state index in [2.05, 4.69) is 5.32 Å². The largest absolute Gasteiger partial charge is 0.494 e. The number of hydrogen-bond acceptors (Lipinski definition) is 2. The van der Waals surface area contributed by atoms with Gasteiger partial charge in [-0.2, -0.15) is 0 Å². The fourth-order valence-electron chi connectivity index (χ4n) is 2.73. The summed E-state index contributed by atoms with van der Waals surface area (Å²) in [6.45, 7) is 4.64. The summed E-state index contributed by atoms with van der Waals surface area (Å²) >= 11 is 0. The Balaban J connectivity index is 1.84. The Morgan fingerprint density at radius 1 is 1.20 bits per heavy atom. The van der Waals surface area contributed by atoms with Crippen molar-refractivity contribution in [1.29, 1.82) is 0 Å². The lowest BCUT2D eigenvalue weighted by Gasteiger charge is -2.13. The Labute approximate surface area is 118 Å². The third-order valence-corrected chi connectivity index (χ3v) is 3.78. The van der Waals surface area contributed by atoms with Crippen LogP contribution in [0.2, 0.25) is 0 Å². The highest BCUT2D eigenvalue weighted by molar-refractivity contribution is 5.63. The SMILES string of the molecule is CCOc1ccc(C2Cc3c(F)ccc(C)c3N2)cc1. The summed E-state index contributed by atoms with van der Waals surface area (Å²) < 4.78 is 19.3. The number of ether oxygens (including phenoxy) is 1. The average molecular weight is 271 g/mol. The molecule has 0 radical (unpaired) electrons. The maximum absolute atomic E-state index is 13.9. The Kier molecular flexibility index (Phi) is 3.35. The molecular weight excluding hydrogens is 253 g/mol. The van der Waals surface area contributed by atoms with E-state index in [4.69, 9.17) is 4.74 Å². The second-order valence-electron chi connectivity index (χ2n) is 5.12. The van der Waals surface area contributed by atoms with Crippen LogP contribution < -0.4 is 10.1 Å². The molecule has 1 unspecified atom stereocenters. The van der Waals surface area contributed by atoms with E-state index in [9.17, 15) is 4.39 Å². The number of rotatable bonds is 3. The van der Waals surface area contributed by atoms with Gasteiger partial charge in [0.05, 0.1) is 12.6 Å². The fourth-order valence-corrected chi connectivity index (χ4v) is 2.73. The molecule has 1 atom stereocenters. The second kappa shape index (κ2) is 5.16. The molecule has 1 aliphatic heterocycles. The van der Waals surface area contributed by atoms with Crippen LogP contribution in [0.3, 0.4) is 0 Å². The molecule has 2 aromatic carbocycles. The highest BCUT2D eigenvalue weighted by atomic mass is 19.1. The lowest BCUT2D eigenvalue weighted by molar-refractivity contribution is 0.340. The van der Waals surface area contributed by atoms with E-state index in [1.807, 2.05) is 44.2 Å². The van der Waals surface area contributed by atoms with Gasteiger partial charge in [-0.1, -0.05) is 18.2 Å². The van der Waals surface area contributed by atoms with Gasteiger partial charge in [0.2, 0.25) is 0 Å². The highest BCUT2D eigenvalue weighted by Crippen LogP contribution is 2.38. The molecule has 0 bridgehead atoms. The molecule has 0 fully saturated rings. The van der Waals surface area contributed by atoms with E-state index < -0.39 is 0 Å². The number of anilines is 1. The third-order valence-electron chi connectivity index (χ3n) is 3.78. The van der Waals surface area contributed by atoms with Crippen molar-refractivity contribution in [3.05, 3.63) is 58.9 Å². The van der Waals surface area contributed by atoms with Gasteiger partial charge in [0.15, 0.2) is 0 Å². The molecule has 1 N–H and O–H groups in total. The van der Waals surface area contributed by atoms with E-state index in [0.717, 1.165) is 28.1 Å². The van der Waals surface area contributed by atoms with Crippen molar-refractivity contribution in [2.24, 2.45) is 0 Å².